The standard InChI is InChI=1S/C30H27N3O3/c1-17-15-18(2)25-21(16-17)30(28(36)32-25)29(20-11-6-7-12-22(20)31-27(29)35)24(23-13-8-14-33(23)30)26(34)19-9-4-3-5-10-19/h3-7,9-12,15-16,23-24H,8,13-14H2,1-2H3,(H,31,35)(H,32,36)/t23-,24-,29-,30+/m0/s1. The number of ketones is 1. The van der Waals surface area contributed by atoms with Crippen LogP contribution in [0.25, 0.3) is 0 Å². The number of rotatable bonds is 2. The molecule has 4 aliphatic rings. The largest absolute Gasteiger partial charge is 0.325 e. The predicted octanol–water partition coefficient (Wildman–Crippen LogP) is 4.32. The monoisotopic (exact) mass is 477 g/mol. The van der Waals surface area contributed by atoms with Gasteiger partial charge in [0.25, 0.3) is 5.91 Å². The van der Waals surface area contributed by atoms with E-state index in [2.05, 4.69) is 21.6 Å². The van der Waals surface area contributed by atoms with Gasteiger partial charge in [-0.1, -0.05) is 66.2 Å². The molecule has 36 heavy (non-hydrogen) atoms. The summed E-state index contributed by atoms with van der Waals surface area (Å²) in [5, 5.41) is 6.26. The zero-order valence-corrected chi connectivity index (χ0v) is 20.3. The van der Waals surface area contributed by atoms with E-state index in [-0.39, 0.29) is 23.6 Å². The van der Waals surface area contributed by atoms with Crippen molar-refractivity contribution in [1.82, 2.24) is 4.90 Å². The minimum absolute atomic E-state index is 0.0816. The van der Waals surface area contributed by atoms with Crippen molar-refractivity contribution in [2.75, 3.05) is 17.2 Å². The quantitative estimate of drug-likeness (QED) is 0.539. The molecule has 4 heterocycles. The summed E-state index contributed by atoms with van der Waals surface area (Å²) in [5.74, 6) is -1.27. The average molecular weight is 478 g/mol. The molecule has 0 aromatic heterocycles. The molecule has 0 radical (unpaired) electrons. The number of carbonyl (C=O) groups is 3. The molecular formula is C30H27N3O3. The molecule has 0 unspecified atom stereocenters. The van der Waals surface area contributed by atoms with Crippen molar-refractivity contribution in [3.63, 3.8) is 0 Å². The minimum atomic E-state index is -1.39. The molecule has 180 valence electrons. The average Bonchev–Trinajstić information content (AvgIpc) is 3.59. The fraction of sp³-hybridized carbons (Fsp3) is 0.300. The second-order valence-electron chi connectivity index (χ2n) is 10.6. The van der Waals surface area contributed by atoms with Crippen molar-refractivity contribution >= 4 is 29.0 Å². The molecule has 2 saturated heterocycles. The maximum Gasteiger partial charge on any atom is 0.251 e. The Balaban J connectivity index is 1.62. The topological polar surface area (TPSA) is 78.5 Å². The van der Waals surface area contributed by atoms with Gasteiger partial charge in [-0.25, -0.2) is 0 Å². The molecule has 2 spiro atoms. The molecule has 0 saturated carbocycles. The van der Waals surface area contributed by atoms with Crippen LogP contribution < -0.4 is 10.6 Å². The zero-order valence-electron chi connectivity index (χ0n) is 20.3. The number of fused-ring (bicyclic) bond motifs is 7. The maximum atomic E-state index is 14.5. The van der Waals surface area contributed by atoms with Crippen molar-refractivity contribution in [2.24, 2.45) is 5.92 Å². The number of Topliss-reactive ketones (excluding diaryl/α,β-unsaturated/α-hetero) is 1. The summed E-state index contributed by atoms with van der Waals surface area (Å²) in [4.78, 5) is 45.5. The Kier molecular flexibility index (Phi) is 4.26. The van der Waals surface area contributed by atoms with Crippen molar-refractivity contribution in [3.05, 3.63) is 94.5 Å². The Bertz CT molecular complexity index is 1480. The molecule has 0 bridgehead atoms. The molecule has 6 heteroatoms. The van der Waals surface area contributed by atoms with E-state index in [1.807, 2.05) is 74.5 Å². The molecule has 2 amide bonds. The number of hydrogen-bond donors (Lipinski definition) is 2. The van der Waals surface area contributed by atoms with Gasteiger partial charge in [0, 0.05) is 28.5 Å². The number of hydrogen-bond acceptors (Lipinski definition) is 4. The van der Waals surface area contributed by atoms with Gasteiger partial charge in [-0.05, 0) is 50.4 Å². The van der Waals surface area contributed by atoms with Gasteiger partial charge in [0.05, 0.1) is 5.92 Å². The van der Waals surface area contributed by atoms with Crippen molar-refractivity contribution in [1.29, 1.82) is 0 Å². The molecule has 4 aliphatic heterocycles. The van der Waals surface area contributed by atoms with Gasteiger partial charge in [0.15, 0.2) is 5.78 Å². The fourth-order valence-electron chi connectivity index (χ4n) is 7.82. The van der Waals surface area contributed by atoms with Crippen LogP contribution in [0, 0.1) is 19.8 Å². The highest BCUT2D eigenvalue weighted by Crippen LogP contribution is 2.68. The van der Waals surface area contributed by atoms with Gasteiger partial charge in [0.2, 0.25) is 5.91 Å². The number of para-hydroxylation sites is 1. The molecule has 4 atom stereocenters. The number of benzene rings is 3. The summed E-state index contributed by atoms with van der Waals surface area (Å²) in [6.45, 7) is 4.66. The van der Waals surface area contributed by atoms with Gasteiger partial charge >= 0.3 is 0 Å². The van der Waals surface area contributed by atoms with Gasteiger partial charge in [-0.2, -0.15) is 0 Å². The highest BCUT2D eigenvalue weighted by molar-refractivity contribution is 6.21. The number of anilines is 2. The number of carbonyl (C=O) groups excluding carboxylic acids is 3. The van der Waals surface area contributed by atoms with E-state index in [0.717, 1.165) is 40.8 Å². The van der Waals surface area contributed by atoms with E-state index in [1.165, 1.54) is 0 Å². The Morgan fingerprint density at radius 2 is 1.67 bits per heavy atom. The first-order valence-electron chi connectivity index (χ1n) is 12.6. The van der Waals surface area contributed by atoms with Crippen LogP contribution in [0.15, 0.2) is 66.7 Å². The van der Waals surface area contributed by atoms with Crippen LogP contribution in [-0.4, -0.2) is 35.1 Å². The predicted molar refractivity (Wildman–Crippen MR) is 137 cm³/mol. The third-order valence-corrected chi connectivity index (χ3v) is 8.89. The number of aryl methyl sites for hydroxylation is 2. The molecule has 6 nitrogen and oxygen atoms in total. The Morgan fingerprint density at radius 3 is 2.47 bits per heavy atom. The van der Waals surface area contributed by atoms with Gasteiger partial charge in [-0.3, -0.25) is 19.3 Å². The summed E-state index contributed by atoms with van der Waals surface area (Å²) in [6.07, 6.45) is 1.63. The van der Waals surface area contributed by atoms with Crippen molar-refractivity contribution < 1.29 is 14.4 Å². The lowest BCUT2D eigenvalue weighted by Gasteiger charge is -2.43. The first-order valence-corrected chi connectivity index (χ1v) is 12.6. The van der Waals surface area contributed by atoms with Gasteiger partial charge < -0.3 is 10.6 Å². The van der Waals surface area contributed by atoms with E-state index in [4.69, 9.17) is 0 Å². The number of nitrogens with one attached hydrogen (secondary N) is 2. The smallest absolute Gasteiger partial charge is 0.251 e. The van der Waals surface area contributed by atoms with E-state index in [9.17, 15) is 14.4 Å². The Labute approximate surface area is 209 Å². The first-order chi connectivity index (χ1) is 17.4. The fourth-order valence-corrected chi connectivity index (χ4v) is 7.82. The SMILES string of the molecule is Cc1cc(C)c2c(c1)[C@]1(C(=O)N2)N2CCC[C@H]2[C@@H](C(=O)c2ccccc2)[C@@]12C(=O)Nc1ccccc12. The molecule has 2 fully saturated rings. The van der Waals surface area contributed by atoms with Crippen molar-refractivity contribution in [3.8, 4) is 0 Å². The lowest BCUT2D eigenvalue weighted by Crippen LogP contribution is -2.62. The summed E-state index contributed by atoms with van der Waals surface area (Å²) < 4.78 is 0. The van der Waals surface area contributed by atoms with Crippen LogP contribution in [0.2, 0.25) is 0 Å². The first kappa shape index (κ1) is 21.5. The van der Waals surface area contributed by atoms with Crippen LogP contribution in [0.5, 0.6) is 0 Å². The molecule has 7 rings (SSSR count). The van der Waals surface area contributed by atoms with Crippen LogP contribution in [0.3, 0.4) is 0 Å². The zero-order chi connectivity index (χ0) is 24.8. The second-order valence-corrected chi connectivity index (χ2v) is 10.6. The summed E-state index contributed by atoms with van der Waals surface area (Å²) in [6, 6.07) is 20.7. The lowest BCUT2D eigenvalue weighted by atomic mass is 9.57. The van der Waals surface area contributed by atoms with E-state index in [0.29, 0.717) is 17.8 Å². The summed E-state index contributed by atoms with van der Waals surface area (Å²) >= 11 is 0. The van der Waals surface area contributed by atoms with Crippen LogP contribution in [-0.2, 0) is 20.5 Å². The van der Waals surface area contributed by atoms with Gasteiger partial charge in [0.1, 0.15) is 11.0 Å². The molecule has 0 aliphatic carbocycles. The van der Waals surface area contributed by atoms with E-state index >= 15 is 0 Å². The molecular weight excluding hydrogens is 450 g/mol. The molecule has 2 N–H and O–H groups in total. The third kappa shape index (κ3) is 2.29. The molecule has 3 aromatic carbocycles. The van der Waals surface area contributed by atoms with Crippen LogP contribution in [0.4, 0.5) is 11.4 Å². The normalized spacial score (nSPS) is 29.8. The number of nitrogens with zero attached hydrogens (tertiary/aromatic N) is 1. The van der Waals surface area contributed by atoms with Crippen molar-refractivity contribution in [2.45, 2.75) is 43.7 Å². The number of amides is 2. The summed E-state index contributed by atoms with van der Waals surface area (Å²) in [7, 11) is 0. The van der Waals surface area contributed by atoms with Gasteiger partial charge in [-0.15, -0.1) is 0 Å². The lowest BCUT2D eigenvalue weighted by molar-refractivity contribution is -0.137. The second kappa shape index (κ2) is 7.14. The third-order valence-electron chi connectivity index (χ3n) is 8.89. The maximum absolute atomic E-state index is 14.5. The van der Waals surface area contributed by atoms with Crippen LogP contribution in [0.1, 0.15) is 45.5 Å². The Hall–Kier alpha value is -3.77. The highest BCUT2D eigenvalue weighted by atomic mass is 16.2. The van der Waals surface area contributed by atoms with E-state index < -0.39 is 16.9 Å². The van der Waals surface area contributed by atoms with Crippen LogP contribution >= 0.6 is 0 Å². The highest BCUT2D eigenvalue weighted by Gasteiger charge is 2.81. The molecule has 3 aromatic rings. The summed E-state index contributed by atoms with van der Waals surface area (Å²) in [5.41, 5.74) is 2.85. The minimum Gasteiger partial charge on any atom is -0.325 e. The van der Waals surface area contributed by atoms with E-state index in [1.54, 1.807) is 0 Å². The Morgan fingerprint density at radius 1 is 0.917 bits per heavy atom.